The average molecular weight is 583 g/mol. The van der Waals surface area contributed by atoms with Gasteiger partial charge in [-0.2, -0.15) is 0 Å². The molecule has 0 aliphatic heterocycles. The van der Waals surface area contributed by atoms with Gasteiger partial charge in [0, 0.05) is 12.8 Å². The molecule has 0 saturated heterocycles. The Morgan fingerprint density at radius 1 is 0.524 bits per heavy atom. The van der Waals surface area contributed by atoms with Crippen LogP contribution in [0.25, 0.3) is 0 Å². The SMILES string of the molecule is C=C(COC(=O)CCCCC(=O)OCC(=C)C(=O)OC12CC3CC(CC(C3)C1)C2)C(=O)OC12CC3CC(CC(C3)C1)C2. The van der Waals surface area contributed by atoms with E-state index in [1.54, 1.807) is 0 Å². The average Bonchev–Trinajstić information content (AvgIpc) is 2.90. The van der Waals surface area contributed by atoms with Gasteiger partial charge in [0.15, 0.2) is 0 Å². The molecule has 8 aliphatic rings. The van der Waals surface area contributed by atoms with Crippen molar-refractivity contribution >= 4 is 23.9 Å². The highest BCUT2D eigenvalue weighted by Gasteiger charge is 2.54. The quantitative estimate of drug-likeness (QED) is 0.117. The third kappa shape index (κ3) is 6.62. The minimum atomic E-state index is -0.462. The second kappa shape index (κ2) is 11.8. The third-order valence-corrected chi connectivity index (χ3v) is 11.0. The summed E-state index contributed by atoms with van der Waals surface area (Å²) < 4.78 is 22.4. The Labute approximate surface area is 248 Å². The van der Waals surface area contributed by atoms with Crippen molar-refractivity contribution in [2.24, 2.45) is 35.5 Å². The van der Waals surface area contributed by atoms with Crippen LogP contribution < -0.4 is 0 Å². The number of unbranched alkanes of at least 4 members (excludes halogenated alkanes) is 1. The summed E-state index contributed by atoms with van der Waals surface area (Å²) in [7, 11) is 0. The maximum atomic E-state index is 12.7. The zero-order valence-electron chi connectivity index (χ0n) is 24.9. The van der Waals surface area contributed by atoms with Crippen molar-refractivity contribution in [3.8, 4) is 0 Å². The molecule has 0 heterocycles. The Balaban J connectivity index is 0.821. The van der Waals surface area contributed by atoms with E-state index < -0.39 is 23.9 Å². The summed E-state index contributed by atoms with van der Waals surface area (Å²) in [5.74, 6) is 2.17. The molecule has 0 amide bonds. The Morgan fingerprint density at radius 2 is 0.810 bits per heavy atom. The Morgan fingerprint density at radius 3 is 1.10 bits per heavy atom. The first-order chi connectivity index (χ1) is 20.1. The summed E-state index contributed by atoms with van der Waals surface area (Å²) >= 11 is 0. The third-order valence-electron chi connectivity index (χ3n) is 11.0. The van der Waals surface area contributed by atoms with Gasteiger partial charge in [0.2, 0.25) is 0 Å². The van der Waals surface area contributed by atoms with Gasteiger partial charge in [-0.1, -0.05) is 13.2 Å². The second-order valence-corrected chi connectivity index (χ2v) is 14.7. The summed E-state index contributed by atoms with van der Waals surface area (Å²) in [6, 6.07) is 0. The molecule has 0 aromatic rings. The molecule has 230 valence electrons. The van der Waals surface area contributed by atoms with Gasteiger partial charge < -0.3 is 18.9 Å². The van der Waals surface area contributed by atoms with Crippen molar-refractivity contribution in [1.29, 1.82) is 0 Å². The number of carbonyl (C=O) groups excluding carboxylic acids is 4. The van der Waals surface area contributed by atoms with Crippen molar-refractivity contribution in [2.75, 3.05) is 13.2 Å². The molecule has 0 N–H and O–H groups in total. The number of esters is 4. The molecule has 0 atom stereocenters. The van der Waals surface area contributed by atoms with Crippen LogP contribution in [-0.2, 0) is 38.1 Å². The molecular formula is C34H46O8. The molecule has 8 bridgehead atoms. The largest absolute Gasteiger partial charge is 0.461 e. The standard InChI is InChI=1S/C34H46O8/c1-21(31(37)41-33-13-23-7-24(14-33)9-25(8-23)15-33)19-39-29(35)5-3-4-6-30(36)40-20-22(2)32(38)42-34-16-26-10-27(17-34)12-28(11-26)18-34/h23-28H,1-20H2. The van der Waals surface area contributed by atoms with Crippen LogP contribution in [0.4, 0.5) is 0 Å². The van der Waals surface area contributed by atoms with Gasteiger partial charge in [0.1, 0.15) is 24.4 Å². The first kappa shape index (κ1) is 29.4. The van der Waals surface area contributed by atoms with Gasteiger partial charge >= 0.3 is 23.9 Å². The fourth-order valence-corrected chi connectivity index (χ4v) is 9.99. The number of rotatable bonds is 13. The van der Waals surface area contributed by atoms with Gasteiger partial charge in [0.05, 0.1) is 11.1 Å². The number of hydrogen-bond acceptors (Lipinski definition) is 8. The summed E-state index contributed by atoms with van der Waals surface area (Å²) in [5, 5.41) is 0. The summed E-state index contributed by atoms with van der Waals surface area (Å²) in [6.45, 7) is 7.21. The number of carbonyl (C=O) groups is 4. The van der Waals surface area contributed by atoms with Crippen LogP contribution in [0.15, 0.2) is 24.3 Å². The van der Waals surface area contributed by atoms with Crippen LogP contribution in [0.3, 0.4) is 0 Å². The molecule has 8 aliphatic carbocycles. The lowest BCUT2D eigenvalue weighted by Crippen LogP contribution is -2.53. The fraction of sp³-hybridized carbons (Fsp3) is 0.765. The topological polar surface area (TPSA) is 105 Å². The minimum absolute atomic E-state index is 0.120. The van der Waals surface area contributed by atoms with Crippen molar-refractivity contribution in [3.05, 3.63) is 24.3 Å². The lowest BCUT2D eigenvalue weighted by atomic mass is 9.54. The van der Waals surface area contributed by atoms with Gasteiger partial charge in [-0.3, -0.25) is 9.59 Å². The number of hydrogen-bond donors (Lipinski definition) is 0. The first-order valence-corrected chi connectivity index (χ1v) is 16.2. The Kier molecular flexibility index (Phi) is 8.27. The van der Waals surface area contributed by atoms with Gasteiger partial charge in [-0.25, -0.2) is 9.59 Å². The van der Waals surface area contributed by atoms with Crippen molar-refractivity contribution in [2.45, 2.75) is 114 Å². The smallest absolute Gasteiger partial charge is 0.337 e. The van der Waals surface area contributed by atoms with E-state index in [0.29, 0.717) is 48.3 Å². The van der Waals surface area contributed by atoms with Gasteiger partial charge in [-0.15, -0.1) is 0 Å². The van der Waals surface area contributed by atoms with Crippen LogP contribution in [0.5, 0.6) is 0 Å². The van der Waals surface area contributed by atoms with Gasteiger partial charge in [-0.05, 0) is 125 Å². The van der Waals surface area contributed by atoms with E-state index in [0.717, 1.165) is 38.5 Å². The van der Waals surface area contributed by atoms with E-state index in [1.807, 2.05) is 0 Å². The van der Waals surface area contributed by atoms with E-state index in [2.05, 4.69) is 13.2 Å². The van der Waals surface area contributed by atoms with E-state index >= 15 is 0 Å². The normalized spacial score (nSPS) is 36.8. The lowest BCUT2D eigenvalue weighted by molar-refractivity contribution is -0.184. The molecule has 42 heavy (non-hydrogen) atoms. The molecule has 0 aromatic heterocycles. The van der Waals surface area contributed by atoms with E-state index in [1.165, 1.54) is 38.5 Å². The molecule has 0 spiro atoms. The Bertz CT molecular complexity index is 976. The first-order valence-electron chi connectivity index (χ1n) is 16.2. The van der Waals surface area contributed by atoms with Crippen LogP contribution in [0, 0.1) is 35.5 Å². The van der Waals surface area contributed by atoms with Crippen molar-refractivity contribution in [1.82, 2.24) is 0 Å². The summed E-state index contributed by atoms with van der Waals surface area (Å²) in [4.78, 5) is 49.7. The van der Waals surface area contributed by atoms with Crippen molar-refractivity contribution in [3.63, 3.8) is 0 Å². The molecule has 8 rings (SSSR count). The molecule has 8 saturated carbocycles. The second-order valence-electron chi connectivity index (χ2n) is 14.7. The summed E-state index contributed by atoms with van der Waals surface area (Å²) in [5.41, 5.74) is -0.391. The molecule has 0 radical (unpaired) electrons. The highest BCUT2D eigenvalue weighted by atomic mass is 16.6. The predicted octanol–water partition coefficient (Wildman–Crippen LogP) is 5.77. The molecular weight excluding hydrogens is 536 g/mol. The highest BCUT2D eigenvalue weighted by molar-refractivity contribution is 5.89. The predicted molar refractivity (Wildman–Crippen MR) is 153 cm³/mol. The lowest BCUT2D eigenvalue weighted by Gasteiger charge is -2.55. The molecule has 8 nitrogen and oxygen atoms in total. The van der Waals surface area contributed by atoms with E-state index in [4.69, 9.17) is 18.9 Å². The molecule has 8 fully saturated rings. The van der Waals surface area contributed by atoms with Crippen LogP contribution in [0.1, 0.15) is 103 Å². The van der Waals surface area contributed by atoms with Crippen LogP contribution in [0.2, 0.25) is 0 Å². The number of ether oxygens (including phenoxy) is 4. The minimum Gasteiger partial charge on any atom is -0.461 e. The van der Waals surface area contributed by atoms with E-state index in [-0.39, 0.29) is 48.4 Å². The zero-order valence-corrected chi connectivity index (χ0v) is 24.9. The highest BCUT2D eigenvalue weighted by Crippen LogP contribution is 2.58. The molecule has 0 aromatic carbocycles. The maximum absolute atomic E-state index is 12.7. The fourth-order valence-electron chi connectivity index (χ4n) is 9.99. The monoisotopic (exact) mass is 582 g/mol. The van der Waals surface area contributed by atoms with Crippen LogP contribution in [-0.4, -0.2) is 48.3 Å². The van der Waals surface area contributed by atoms with E-state index in [9.17, 15) is 19.2 Å². The zero-order chi connectivity index (χ0) is 29.5. The van der Waals surface area contributed by atoms with Crippen LogP contribution >= 0.6 is 0 Å². The molecule has 8 heteroatoms. The van der Waals surface area contributed by atoms with Crippen molar-refractivity contribution < 1.29 is 38.1 Å². The summed E-state index contributed by atoms with van der Waals surface area (Å²) in [6.07, 6.45) is 14.4. The Hall–Kier alpha value is -2.64. The maximum Gasteiger partial charge on any atom is 0.337 e. The molecule has 0 unspecified atom stereocenters. The van der Waals surface area contributed by atoms with Gasteiger partial charge in [0.25, 0.3) is 0 Å².